The lowest BCUT2D eigenvalue weighted by molar-refractivity contribution is -0.144. The first-order valence-corrected chi connectivity index (χ1v) is 10.2. The van der Waals surface area contributed by atoms with Crippen LogP contribution in [-0.2, 0) is 22.6 Å². The van der Waals surface area contributed by atoms with E-state index in [0.29, 0.717) is 11.3 Å². The molecule has 1 heterocycles. The number of rotatable bonds is 8. The molecule has 0 saturated carbocycles. The summed E-state index contributed by atoms with van der Waals surface area (Å²) in [7, 11) is 0. The SMILES string of the molecule is CCc1c(C)ccnc1-c1cc(F)cc(C(=O)NCCC(=O)OCc2ccccc2)c1. The molecule has 0 bridgehead atoms. The van der Waals surface area contributed by atoms with Gasteiger partial charge < -0.3 is 10.1 Å². The molecule has 0 fully saturated rings. The van der Waals surface area contributed by atoms with E-state index in [4.69, 9.17) is 4.74 Å². The molecule has 0 aliphatic heterocycles. The van der Waals surface area contributed by atoms with Crippen LogP contribution in [0.2, 0.25) is 0 Å². The van der Waals surface area contributed by atoms with Crippen LogP contribution in [0, 0.1) is 12.7 Å². The molecule has 0 aliphatic carbocycles. The number of benzene rings is 2. The first kappa shape index (κ1) is 22.2. The number of aromatic nitrogens is 1. The number of amides is 1. The summed E-state index contributed by atoms with van der Waals surface area (Å²) in [5, 5.41) is 2.65. The number of hydrogen-bond acceptors (Lipinski definition) is 4. The molecule has 1 amide bonds. The van der Waals surface area contributed by atoms with Gasteiger partial charge in [0.25, 0.3) is 5.91 Å². The highest BCUT2D eigenvalue weighted by atomic mass is 19.1. The van der Waals surface area contributed by atoms with Crippen molar-refractivity contribution in [3.05, 3.63) is 88.9 Å². The van der Waals surface area contributed by atoms with Gasteiger partial charge in [0.15, 0.2) is 0 Å². The highest BCUT2D eigenvalue weighted by molar-refractivity contribution is 5.95. The molecule has 1 N–H and O–H groups in total. The lowest BCUT2D eigenvalue weighted by Gasteiger charge is -2.12. The fourth-order valence-electron chi connectivity index (χ4n) is 3.33. The highest BCUT2D eigenvalue weighted by Gasteiger charge is 2.14. The fourth-order valence-corrected chi connectivity index (χ4v) is 3.33. The molecular weight excluding hydrogens is 395 g/mol. The number of ether oxygens (including phenoxy) is 1. The molecule has 31 heavy (non-hydrogen) atoms. The van der Waals surface area contributed by atoms with E-state index in [1.807, 2.05) is 50.2 Å². The van der Waals surface area contributed by atoms with Crippen molar-refractivity contribution >= 4 is 11.9 Å². The summed E-state index contributed by atoms with van der Waals surface area (Å²) in [5.74, 6) is -1.39. The minimum absolute atomic E-state index is 0.0279. The van der Waals surface area contributed by atoms with Crippen LogP contribution >= 0.6 is 0 Å². The predicted octanol–water partition coefficient (Wildman–Crippen LogP) is 4.62. The maximum absolute atomic E-state index is 14.2. The van der Waals surface area contributed by atoms with Gasteiger partial charge in [0.2, 0.25) is 0 Å². The molecule has 3 rings (SSSR count). The van der Waals surface area contributed by atoms with Crippen molar-refractivity contribution in [3.8, 4) is 11.3 Å². The third-order valence-corrected chi connectivity index (χ3v) is 4.93. The molecule has 0 atom stereocenters. The van der Waals surface area contributed by atoms with Crippen LogP contribution in [-0.4, -0.2) is 23.4 Å². The number of nitrogens with one attached hydrogen (secondary N) is 1. The van der Waals surface area contributed by atoms with E-state index in [-0.39, 0.29) is 25.1 Å². The van der Waals surface area contributed by atoms with Crippen LogP contribution in [0.4, 0.5) is 4.39 Å². The van der Waals surface area contributed by atoms with Crippen LogP contribution in [0.25, 0.3) is 11.3 Å². The predicted molar refractivity (Wildman–Crippen MR) is 117 cm³/mol. The molecule has 5 nitrogen and oxygen atoms in total. The monoisotopic (exact) mass is 420 g/mol. The second-order valence-electron chi connectivity index (χ2n) is 7.19. The Labute approximate surface area is 181 Å². The van der Waals surface area contributed by atoms with Crippen molar-refractivity contribution in [2.75, 3.05) is 6.54 Å². The van der Waals surface area contributed by atoms with Crippen molar-refractivity contribution in [1.82, 2.24) is 10.3 Å². The quantitative estimate of drug-likeness (QED) is 0.540. The second kappa shape index (κ2) is 10.5. The van der Waals surface area contributed by atoms with Gasteiger partial charge in [-0.1, -0.05) is 37.3 Å². The van der Waals surface area contributed by atoms with Crippen molar-refractivity contribution in [1.29, 1.82) is 0 Å². The molecule has 6 heteroatoms. The van der Waals surface area contributed by atoms with E-state index in [0.717, 1.165) is 23.1 Å². The number of carbonyl (C=O) groups excluding carboxylic acids is 2. The molecule has 2 aromatic carbocycles. The van der Waals surface area contributed by atoms with E-state index < -0.39 is 17.7 Å². The summed E-state index contributed by atoms with van der Waals surface area (Å²) < 4.78 is 19.4. The molecule has 3 aromatic rings. The van der Waals surface area contributed by atoms with Crippen LogP contribution < -0.4 is 5.32 Å². The molecule has 0 unspecified atom stereocenters. The normalized spacial score (nSPS) is 10.5. The number of aryl methyl sites for hydroxylation is 1. The summed E-state index contributed by atoms with van der Waals surface area (Å²) in [4.78, 5) is 28.8. The Morgan fingerprint density at radius 3 is 2.61 bits per heavy atom. The van der Waals surface area contributed by atoms with Crippen LogP contribution in [0.3, 0.4) is 0 Å². The molecule has 0 aliphatic rings. The molecule has 160 valence electrons. The smallest absolute Gasteiger partial charge is 0.307 e. The Bertz CT molecular complexity index is 1070. The summed E-state index contributed by atoms with van der Waals surface area (Å²) in [6.07, 6.45) is 2.45. The van der Waals surface area contributed by atoms with Crippen molar-refractivity contribution in [2.24, 2.45) is 0 Å². The van der Waals surface area contributed by atoms with Gasteiger partial charge in [0.05, 0.1) is 12.1 Å². The zero-order valence-corrected chi connectivity index (χ0v) is 17.7. The number of pyridine rings is 1. The van der Waals surface area contributed by atoms with Gasteiger partial charge in [-0.05, 0) is 54.3 Å². The second-order valence-corrected chi connectivity index (χ2v) is 7.19. The third kappa shape index (κ3) is 5.98. The molecule has 1 aromatic heterocycles. The number of nitrogens with zero attached hydrogens (tertiary/aromatic N) is 1. The fraction of sp³-hybridized carbons (Fsp3) is 0.240. The van der Waals surface area contributed by atoms with Crippen LogP contribution in [0.15, 0.2) is 60.8 Å². The summed E-state index contributed by atoms with van der Waals surface area (Å²) >= 11 is 0. The van der Waals surface area contributed by atoms with Gasteiger partial charge in [-0.2, -0.15) is 0 Å². The average molecular weight is 420 g/mol. The standard InChI is InChI=1S/C25H25FN2O3/c1-3-22-17(2)9-11-27-24(22)19-13-20(15-21(26)14-19)25(30)28-12-10-23(29)31-16-18-7-5-4-6-8-18/h4-9,11,13-15H,3,10,12,16H2,1-2H3,(H,28,30). The molecule has 0 saturated heterocycles. The summed E-state index contributed by atoms with van der Waals surface area (Å²) in [6, 6.07) is 15.4. The maximum Gasteiger partial charge on any atom is 0.307 e. The van der Waals surface area contributed by atoms with Crippen LogP contribution in [0.1, 0.15) is 40.4 Å². The van der Waals surface area contributed by atoms with Crippen molar-refractivity contribution in [2.45, 2.75) is 33.3 Å². The van der Waals surface area contributed by atoms with E-state index in [2.05, 4.69) is 10.3 Å². The Hall–Kier alpha value is -3.54. The zero-order valence-electron chi connectivity index (χ0n) is 17.7. The molecule has 0 radical (unpaired) electrons. The largest absolute Gasteiger partial charge is 0.461 e. The van der Waals surface area contributed by atoms with E-state index in [9.17, 15) is 14.0 Å². The van der Waals surface area contributed by atoms with Crippen LogP contribution in [0.5, 0.6) is 0 Å². The zero-order chi connectivity index (χ0) is 22.2. The van der Waals surface area contributed by atoms with Gasteiger partial charge >= 0.3 is 5.97 Å². The first-order chi connectivity index (χ1) is 15.0. The van der Waals surface area contributed by atoms with E-state index in [1.165, 1.54) is 12.1 Å². The van der Waals surface area contributed by atoms with Crippen molar-refractivity contribution < 1.29 is 18.7 Å². The average Bonchev–Trinajstić information content (AvgIpc) is 2.77. The molecule has 0 spiro atoms. The Morgan fingerprint density at radius 1 is 1.10 bits per heavy atom. The van der Waals surface area contributed by atoms with Gasteiger partial charge in [0, 0.05) is 23.9 Å². The van der Waals surface area contributed by atoms with Gasteiger partial charge in [0.1, 0.15) is 12.4 Å². The minimum atomic E-state index is -0.518. The van der Waals surface area contributed by atoms with Gasteiger partial charge in [-0.3, -0.25) is 14.6 Å². The topological polar surface area (TPSA) is 68.3 Å². The summed E-state index contributed by atoms with van der Waals surface area (Å²) in [6.45, 7) is 4.27. The summed E-state index contributed by atoms with van der Waals surface area (Å²) in [5.41, 5.74) is 4.37. The number of halogens is 1. The maximum atomic E-state index is 14.2. The van der Waals surface area contributed by atoms with E-state index >= 15 is 0 Å². The highest BCUT2D eigenvalue weighted by Crippen LogP contribution is 2.26. The minimum Gasteiger partial charge on any atom is -0.461 e. The number of esters is 1. The molecular formula is C25H25FN2O3. The van der Waals surface area contributed by atoms with Crippen molar-refractivity contribution in [3.63, 3.8) is 0 Å². The van der Waals surface area contributed by atoms with E-state index in [1.54, 1.807) is 12.3 Å². The lowest BCUT2D eigenvalue weighted by atomic mass is 9.98. The van der Waals surface area contributed by atoms with Gasteiger partial charge in [-0.15, -0.1) is 0 Å². The Balaban J connectivity index is 1.61. The Kier molecular flexibility index (Phi) is 7.49. The third-order valence-electron chi connectivity index (χ3n) is 4.93. The number of carbonyl (C=O) groups is 2. The lowest BCUT2D eigenvalue weighted by Crippen LogP contribution is -2.26. The number of hydrogen-bond donors (Lipinski definition) is 1. The first-order valence-electron chi connectivity index (χ1n) is 10.2. The van der Waals surface area contributed by atoms with Gasteiger partial charge in [-0.25, -0.2) is 4.39 Å². The Morgan fingerprint density at radius 2 is 1.87 bits per heavy atom.